The van der Waals surface area contributed by atoms with Crippen LogP contribution in [0.5, 0.6) is 0 Å². The number of nitrogens with one attached hydrogen (secondary N) is 1. The van der Waals surface area contributed by atoms with E-state index < -0.39 is 5.82 Å². The quantitative estimate of drug-likeness (QED) is 0.766. The van der Waals surface area contributed by atoms with Gasteiger partial charge in [0.05, 0.1) is 5.02 Å². The van der Waals surface area contributed by atoms with Crippen LogP contribution >= 0.6 is 22.9 Å². The van der Waals surface area contributed by atoms with Crippen molar-refractivity contribution in [2.24, 2.45) is 0 Å². The van der Waals surface area contributed by atoms with Crippen molar-refractivity contribution in [3.63, 3.8) is 0 Å². The molecule has 3 rings (SSSR count). The minimum absolute atomic E-state index is 0.0513. The lowest BCUT2D eigenvalue weighted by Crippen LogP contribution is -1.89. The van der Waals surface area contributed by atoms with E-state index in [0.29, 0.717) is 16.4 Å². The average Bonchev–Trinajstić information content (AvgIpc) is 3.16. The molecule has 0 aliphatic heterocycles. The van der Waals surface area contributed by atoms with Crippen molar-refractivity contribution >= 4 is 22.9 Å². The maximum atomic E-state index is 13.3. The van der Waals surface area contributed by atoms with Crippen LogP contribution < -0.4 is 0 Å². The predicted molar refractivity (Wildman–Crippen MR) is 86.6 cm³/mol. The summed E-state index contributed by atoms with van der Waals surface area (Å²) in [6.45, 7) is 2.06. The van der Waals surface area contributed by atoms with E-state index in [1.54, 1.807) is 12.1 Å². The third-order valence-corrected chi connectivity index (χ3v) is 4.67. The van der Waals surface area contributed by atoms with Crippen molar-refractivity contribution in [1.82, 2.24) is 20.4 Å². The Balaban J connectivity index is 2.12. The van der Waals surface area contributed by atoms with E-state index in [4.69, 9.17) is 16.9 Å². The summed E-state index contributed by atoms with van der Waals surface area (Å²) in [5.74, 6) is -0.468. The van der Waals surface area contributed by atoms with Crippen LogP contribution in [0.3, 0.4) is 0 Å². The highest BCUT2D eigenvalue weighted by Crippen LogP contribution is 2.35. The predicted octanol–water partition coefficient (Wildman–Crippen LogP) is 4.21. The van der Waals surface area contributed by atoms with Gasteiger partial charge in [0.25, 0.3) is 0 Å². The van der Waals surface area contributed by atoms with Crippen LogP contribution in [0.4, 0.5) is 4.39 Å². The Kier molecular flexibility index (Phi) is 4.37. The normalized spacial score (nSPS) is 10.7. The molecule has 0 radical (unpaired) electrons. The number of aryl methyl sites for hydroxylation is 1. The number of benzene rings is 1. The second-order valence-corrected chi connectivity index (χ2v) is 6.29. The Hall–Kier alpha value is -2.30. The van der Waals surface area contributed by atoms with Crippen LogP contribution in [0.1, 0.15) is 23.9 Å². The van der Waals surface area contributed by atoms with Crippen molar-refractivity contribution < 1.29 is 4.39 Å². The Morgan fingerprint density at radius 1 is 1.35 bits per heavy atom. The summed E-state index contributed by atoms with van der Waals surface area (Å²) in [6, 6.07) is 6.49. The van der Waals surface area contributed by atoms with E-state index >= 15 is 0 Å². The van der Waals surface area contributed by atoms with Crippen molar-refractivity contribution in [1.29, 1.82) is 5.26 Å². The fourth-order valence-electron chi connectivity index (χ4n) is 2.16. The fourth-order valence-corrected chi connectivity index (χ4v) is 3.50. The summed E-state index contributed by atoms with van der Waals surface area (Å²) in [5, 5.41) is 20.2. The molecule has 3 aromatic rings. The molecule has 0 aliphatic carbocycles. The van der Waals surface area contributed by atoms with Gasteiger partial charge < -0.3 is 0 Å². The minimum atomic E-state index is -0.468. The van der Waals surface area contributed by atoms with E-state index in [1.807, 2.05) is 6.07 Å². The Labute approximate surface area is 140 Å². The summed E-state index contributed by atoms with van der Waals surface area (Å²) < 4.78 is 13.3. The van der Waals surface area contributed by atoms with Crippen molar-refractivity contribution in [2.45, 2.75) is 19.8 Å². The molecule has 8 heteroatoms. The highest BCUT2D eigenvalue weighted by Gasteiger charge is 2.20. The van der Waals surface area contributed by atoms with E-state index in [0.717, 1.165) is 23.3 Å². The second kappa shape index (κ2) is 6.44. The molecule has 116 valence electrons. The lowest BCUT2D eigenvalue weighted by Gasteiger charge is -1.98. The second-order valence-electron chi connectivity index (χ2n) is 4.80. The van der Waals surface area contributed by atoms with E-state index in [2.05, 4.69) is 27.3 Å². The van der Waals surface area contributed by atoms with E-state index in [9.17, 15) is 4.39 Å². The molecular weight excluding hydrogens is 337 g/mol. The number of thiazole rings is 1. The number of aromatic amines is 1. The molecule has 0 saturated heterocycles. The van der Waals surface area contributed by atoms with Crippen LogP contribution in [0.2, 0.25) is 5.02 Å². The average molecular weight is 348 g/mol. The molecule has 2 heterocycles. The Morgan fingerprint density at radius 2 is 2.17 bits per heavy atom. The van der Waals surface area contributed by atoms with Crippen LogP contribution in [0.25, 0.3) is 22.0 Å². The first kappa shape index (κ1) is 15.6. The Morgan fingerprint density at radius 3 is 2.87 bits per heavy atom. The standard InChI is InChI=1S/C15H11ClFN5S/c1-2-3-12-14(13-11(7-18)20-22-21-13)19-15(23-12)8-4-5-10(17)9(16)6-8/h4-6H,2-3H2,1H3,(H,20,21,22). The number of hydrogen-bond donors (Lipinski definition) is 1. The van der Waals surface area contributed by atoms with E-state index in [-0.39, 0.29) is 10.7 Å². The molecule has 23 heavy (non-hydrogen) atoms. The van der Waals surface area contributed by atoms with Gasteiger partial charge in [-0.1, -0.05) is 24.9 Å². The summed E-state index contributed by atoms with van der Waals surface area (Å²) in [7, 11) is 0. The molecule has 5 nitrogen and oxygen atoms in total. The van der Waals surface area contributed by atoms with Gasteiger partial charge in [-0.2, -0.15) is 15.6 Å². The molecule has 0 saturated carbocycles. The molecule has 0 fully saturated rings. The highest BCUT2D eigenvalue weighted by molar-refractivity contribution is 7.15. The third-order valence-electron chi connectivity index (χ3n) is 3.22. The largest absolute Gasteiger partial charge is 0.234 e. The number of halogens is 2. The molecule has 0 amide bonds. The lowest BCUT2D eigenvalue weighted by atomic mass is 10.2. The number of nitriles is 1. The van der Waals surface area contributed by atoms with Gasteiger partial charge in [0.1, 0.15) is 22.6 Å². The molecule has 0 spiro atoms. The first-order valence-electron chi connectivity index (χ1n) is 6.90. The molecule has 1 N–H and O–H groups in total. The molecular formula is C15H11ClFN5S. The first-order chi connectivity index (χ1) is 11.1. The first-order valence-corrected chi connectivity index (χ1v) is 8.09. The smallest absolute Gasteiger partial charge is 0.192 e. The number of nitrogens with zero attached hydrogens (tertiary/aromatic N) is 4. The van der Waals surface area contributed by atoms with Gasteiger partial charge in [0.15, 0.2) is 11.4 Å². The summed E-state index contributed by atoms with van der Waals surface area (Å²) in [4.78, 5) is 5.59. The zero-order chi connectivity index (χ0) is 16.4. The third kappa shape index (κ3) is 2.96. The van der Waals surface area contributed by atoms with Gasteiger partial charge in [0, 0.05) is 10.4 Å². The monoisotopic (exact) mass is 347 g/mol. The van der Waals surface area contributed by atoms with E-state index in [1.165, 1.54) is 17.4 Å². The van der Waals surface area contributed by atoms with Crippen LogP contribution in [0, 0.1) is 17.1 Å². The molecule has 0 atom stereocenters. The van der Waals surface area contributed by atoms with Crippen LogP contribution in [-0.4, -0.2) is 20.4 Å². The fraction of sp³-hybridized carbons (Fsp3) is 0.200. The van der Waals surface area contributed by atoms with Crippen molar-refractivity contribution in [3.8, 4) is 28.0 Å². The molecule has 0 aliphatic rings. The van der Waals surface area contributed by atoms with Crippen molar-refractivity contribution in [3.05, 3.63) is 39.6 Å². The van der Waals surface area contributed by atoms with Gasteiger partial charge in [-0.05, 0) is 24.6 Å². The topological polar surface area (TPSA) is 78.2 Å². The zero-order valence-corrected chi connectivity index (χ0v) is 13.7. The summed E-state index contributed by atoms with van der Waals surface area (Å²) in [6.07, 6.45) is 1.73. The highest BCUT2D eigenvalue weighted by atomic mass is 35.5. The zero-order valence-electron chi connectivity index (χ0n) is 12.1. The van der Waals surface area contributed by atoms with Gasteiger partial charge >= 0.3 is 0 Å². The minimum Gasteiger partial charge on any atom is -0.234 e. The van der Waals surface area contributed by atoms with Gasteiger partial charge in [0.2, 0.25) is 0 Å². The number of rotatable bonds is 4. The maximum Gasteiger partial charge on any atom is 0.192 e. The molecule has 0 bridgehead atoms. The van der Waals surface area contributed by atoms with Crippen molar-refractivity contribution in [2.75, 3.05) is 0 Å². The van der Waals surface area contributed by atoms with Crippen LogP contribution in [0.15, 0.2) is 18.2 Å². The lowest BCUT2D eigenvalue weighted by molar-refractivity contribution is 0.628. The Bertz CT molecular complexity index is 896. The molecule has 0 unspecified atom stereocenters. The van der Waals surface area contributed by atoms with Gasteiger partial charge in [-0.25, -0.2) is 9.37 Å². The summed E-state index contributed by atoms with van der Waals surface area (Å²) in [5.41, 5.74) is 2.01. The van der Waals surface area contributed by atoms with Crippen LogP contribution in [-0.2, 0) is 6.42 Å². The molecule has 2 aromatic heterocycles. The van der Waals surface area contributed by atoms with Gasteiger partial charge in [-0.3, -0.25) is 0 Å². The number of hydrogen-bond acceptors (Lipinski definition) is 5. The number of aromatic nitrogens is 4. The maximum absolute atomic E-state index is 13.3. The summed E-state index contributed by atoms with van der Waals surface area (Å²) >= 11 is 7.34. The number of H-pyrrole nitrogens is 1. The molecule has 1 aromatic carbocycles. The van der Waals surface area contributed by atoms with Gasteiger partial charge in [-0.15, -0.1) is 16.4 Å². The SMILES string of the molecule is CCCc1sc(-c2ccc(F)c(Cl)c2)nc1-c1n[nH]nc1C#N.